The molecule has 1 atom stereocenters. The highest BCUT2D eigenvalue weighted by molar-refractivity contribution is 5.95. The number of para-hydroxylation sites is 1. The molecule has 0 radical (unpaired) electrons. The summed E-state index contributed by atoms with van der Waals surface area (Å²) in [6.07, 6.45) is 8.04. The van der Waals surface area contributed by atoms with E-state index < -0.39 is 0 Å². The molecule has 1 fully saturated rings. The number of amides is 1. The molecule has 0 spiro atoms. The number of rotatable bonds is 5. The maximum absolute atomic E-state index is 12.8. The summed E-state index contributed by atoms with van der Waals surface area (Å²) in [4.78, 5) is 25.5. The molecule has 5 nitrogen and oxygen atoms in total. The molecular formula is C20H27N3O2. The second kappa shape index (κ2) is 7.81. The number of aryl methyl sites for hydroxylation is 1. The second-order valence-corrected chi connectivity index (χ2v) is 7.09. The molecule has 25 heavy (non-hydrogen) atoms. The first kappa shape index (κ1) is 17.6. The van der Waals surface area contributed by atoms with E-state index in [2.05, 4.69) is 17.3 Å². The van der Waals surface area contributed by atoms with Crippen LogP contribution in [0.25, 0.3) is 10.9 Å². The van der Waals surface area contributed by atoms with Crippen molar-refractivity contribution in [3.05, 3.63) is 40.2 Å². The number of hydrogen-bond donors (Lipinski definition) is 1. The normalized spacial score (nSPS) is 16.7. The summed E-state index contributed by atoms with van der Waals surface area (Å²) >= 11 is 0. The van der Waals surface area contributed by atoms with Crippen molar-refractivity contribution in [2.24, 2.45) is 13.0 Å². The van der Waals surface area contributed by atoms with Gasteiger partial charge in [0.2, 0.25) is 5.43 Å². The van der Waals surface area contributed by atoms with Gasteiger partial charge in [0.25, 0.3) is 5.91 Å². The van der Waals surface area contributed by atoms with Crippen molar-refractivity contribution in [2.75, 3.05) is 0 Å². The minimum atomic E-state index is -0.338. The average Bonchev–Trinajstić information content (AvgIpc) is 2.65. The minimum absolute atomic E-state index is 0.00175. The molecule has 0 bridgehead atoms. The van der Waals surface area contributed by atoms with E-state index in [0.29, 0.717) is 11.3 Å². The zero-order valence-electron chi connectivity index (χ0n) is 15.1. The Morgan fingerprint density at radius 3 is 2.72 bits per heavy atom. The quantitative estimate of drug-likeness (QED) is 0.906. The third-order valence-electron chi connectivity index (χ3n) is 5.31. The van der Waals surface area contributed by atoms with Gasteiger partial charge in [-0.25, -0.2) is 0 Å². The summed E-state index contributed by atoms with van der Waals surface area (Å²) in [7, 11) is 1.77. The molecule has 1 aromatic carbocycles. The first-order valence-corrected chi connectivity index (χ1v) is 9.38. The van der Waals surface area contributed by atoms with Crippen molar-refractivity contribution in [3.8, 4) is 0 Å². The van der Waals surface area contributed by atoms with E-state index in [1.807, 2.05) is 18.2 Å². The Morgan fingerprint density at radius 2 is 2.00 bits per heavy atom. The van der Waals surface area contributed by atoms with E-state index in [1.54, 1.807) is 17.8 Å². The van der Waals surface area contributed by atoms with Crippen LogP contribution in [-0.4, -0.2) is 21.7 Å². The van der Waals surface area contributed by atoms with Gasteiger partial charge < -0.3 is 5.32 Å². The predicted octanol–water partition coefficient (Wildman–Crippen LogP) is 3.41. The van der Waals surface area contributed by atoms with Crippen LogP contribution in [0.4, 0.5) is 0 Å². The van der Waals surface area contributed by atoms with Crippen molar-refractivity contribution in [1.29, 1.82) is 0 Å². The number of carbonyl (C=O) groups is 1. The number of aromatic nitrogens is 2. The van der Waals surface area contributed by atoms with Crippen LogP contribution >= 0.6 is 0 Å². The predicted molar refractivity (Wildman–Crippen MR) is 99.7 cm³/mol. The second-order valence-electron chi connectivity index (χ2n) is 7.09. The summed E-state index contributed by atoms with van der Waals surface area (Å²) in [6.45, 7) is 2.13. The van der Waals surface area contributed by atoms with Gasteiger partial charge in [0, 0.05) is 18.5 Å². The molecule has 1 aliphatic rings. The van der Waals surface area contributed by atoms with Gasteiger partial charge in [-0.15, -0.1) is 0 Å². The fourth-order valence-electron chi connectivity index (χ4n) is 3.98. The molecule has 5 heteroatoms. The van der Waals surface area contributed by atoms with E-state index in [4.69, 9.17) is 0 Å². The van der Waals surface area contributed by atoms with Crippen LogP contribution in [0.5, 0.6) is 0 Å². The summed E-state index contributed by atoms with van der Waals surface area (Å²) < 4.78 is 1.61. The lowest BCUT2D eigenvalue weighted by molar-refractivity contribution is 0.0901. The van der Waals surface area contributed by atoms with Gasteiger partial charge in [-0.3, -0.25) is 14.3 Å². The maximum atomic E-state index is 12.8. The molecule has 1 heterocycles. The zero-order valence-corrected chi connectivity index (χ0v) is 15.1. The third-order valence-corrected chi connectivity index (χ3v) is 5.31. The number of nitrogens with zero attached hydrogens (tertiary/aromatic N) is 2. The third kappa shape index (κ3) is 3.75. The van der Waals surface area contributed by atoms with Crippen LogP contribution in [0.2, 0.25) is 0 Å². The number of benzene rings is 1. The molecule has 1 amide bonds. The number of nitrogens with one attached hydrogen (secondary N) is 1. The minimum Gasteiger partial charge on any atom is -0.348 e. The van der Waals surface area contributed by atoms with Gasteiger partial charge in [0.15, 0.2) is 5.69 Å². The highest BCUT2D eigenvalue weighted by Crippen LogP contribution is 2.28. The van der Waals surface area contributed by atoms with E-state index in [0.717, 1.165) is 31.2 Å². The van der Waals surface area contributed by atoms with Gasteiger partial charge in [0.05, 0.1) is 5.52 Å². The lowest BCUT2D eigenvalue weighted by Crippen LogP contribution is -2.43. The van der Waals surface area contributed by atoms with Crippen LogP contribution < -0.4 is 10.7 Å². The molecule has 1 aliphatic carbocycles. The lowest BCUT2D eigenvalue weighted by atomic mass is 9.82. The first-order valence-electron chi connectivity index (χ1n) is 9.38. The Bertz CT molecular complexity index is 806. The smallest absolute Gasteiger partial charge is 0.276 e. The van der Waals surface area contributed by atoms with Crippen molar-refractivity contribution in [1.82, 2.24) is 15.1 Å². The van der Waals surface area contributed by atoms with E-state index in [9.17, 15) is 9.59 Å². The highest BCUT2D eigenvalue weighted by Gasteiger charge is 2.26. The van der Waals surface area contributed by atoms with E-state index in [1.165, 1.54) is 19.3 Å². The van der Waals surface area contributed by atoms with E-state index in [-0.39, 0.29) is 23.1 Å². The fourth-order valence-corrected chi connectivity index (χ4v) is 3.98. The maximum Gasteiger partial charge on any atom is 0.276 e. The molecule has 2 aromatic rings. The number of carbonyl (C=O) groups excluding carboxylic acids is 1. The Balaban J connectivity index is 1.87. The van der Waals surface area contributed by atoms with Crippen LogP contribution in [-0.2, 0) is 7.05 Å². The van der Waals surface area contributed by atoms with Gasteiger partial charge >= 0.3 is 0 Å². The average molecular weight is 341 g/mol. The van der Waals surface area contributed by atoms with Crippen LogP contribution in [0.3, 0.4) is 0 Å². The summed E-state index contributed by atoms with van der Waals surface area (Å²) in [5.74, 6) is 0.178. The topological polar surface area (TPSA) is 64.0 Å². The van der Waals surface area contributed by atoms with Crippen LogP contribution in [0.1, 0.15) is 62.4 Å². The standard InChI is InChI=1S/C20H27N3O2/c1-3-9-16(14-10-5-4-6-11-14)21-20(25)18-19(24)15-12-7-8-13-17(15)23(2)22-18/h7-8,12-14,16H,3-6,9-11H2,1-2H3,(H,21,25). The number of hydrogen-bond acceptors (Lipinski definition) is 3. The van der Waals surface area contributed by atoms with Crippen LogP contribution in [0.15, 0.2) is 29.1 Å². The Hall–Kier alpha value is -2.17. The molecule has 1 N–H and O–H groups in total. The van der Waals surface area contributed by atoms with Gasteiger partial charge in [-0.1, -0.05) is 44.7 Å². The highest BCUT2D eigenvalue weighted by atomic mass is 16.2. The summed E-state index contributed by atoms with van der Waals surface area (Å²) in [5, 5.41) is 7.91. The molecule has 134 valence electrons. The van der Waals surface area contributed by atoms with Gasteiger partial charge in [-0.05, 0) is 37.3 Å². The van der Waals surface area contributed by atoms with E-state index >= 15 is 0 Å². The molecule has 1 aromatic heterocycles. The Kier molecular flexibility index (Phi) is 5.51. The molecule has 0 saturated heterocycles. The van der Waals surface area contributed by atoms with Gasteiger partial charge in [-0.2, -0.15) is 5.10 Å². The first-order chi connectivity index (χ1) is 12.1. The van der Waals surface area contributed by atoms with Gasteiger partial charge in [0.1, 0.15) is 0 Å². The SMILES string of the molecule is CCCC(NC(=O)c1nn(C)c2ccccc2c1=O)C1CCCCC1. The van der Waals surface area contributed by atoms with Crippen molar-refractivity contribution in [2.45, 2.75) is 57.9 Å². The fraction of sp³-hybridized carbons (Fsp3) is 0.550. The summed E-state index contributed by atoms with van der Waals surface area (Å²) in [6, 6.07) is 7.40. The monoisotopic (exact) mass is 341 g/mol. The van der Waals surface area contributed by atoms with Crippen molar-refractivity contribution in [3.63, 3.8) is 0 Å². The molecule has 1 saturated carbocycles. The van der Waals surface area contributed by atoms with Crippen LogP contribution in [0, 0.1) is 5.92 Å². The lowest BCUT2D eigenvalue weighted by Gasteiger charge is -2.30. The van der Waals surface area contributed by atoms with Crippen molar-refractivity contribution >= 4 is 16.8 Å². The summed E-state index contributed by atoms with van der Waals surface area (Å²) in [5.41, 5.74) is 0.449. The largest absolute Gasteiger partial charge is 0.348 e. The molecular weight excluding hydrogens is 314 g/mol. The Morgan fingerprint density at radius 1 is 1.28 bits per heavy atom. The molecule has 3 rings (SSSR count). The molecule has 1 unspecified atom stereocenters. The van der Waals surface area contributed by atoms with Crippen molar-refractivity contribution < 1.29 is 4.79 Å². The molecule has 0 aliphatic heterocycles. The Labute approximate surface area is 148 Å². The zero-order chi connectivity index (χ0) is 17.8. The number of fused-ring (bicyclic) bond motifs is 1.